The molecule has 45 heavy (non-hydrogen) atoms. The van der Waals surface area contributed by atoms with E-state index in [4.69, 9.17) is 10.5 Å². The number of benzene rings is 1. The molecule has 5 rings (SSSR count). The lowest BCUT2D eigenvalue weighted by atomic mass is 9.43. The SMILES string of the molecule is CC(CCC(=O)N(CC(O)Oc1ccc(CC(N)=O)cc1)C(C)C)C1CCC2C3C(CCC12C)C1(C)CC[C@@H](O)CC1C[C@H]3O. The quantitative estimate of drug-likeness (QED) is 0.254. The summed E-state index contributed by atoms with van der Waals surface area (Å²) in [5.41, 5.74) is 6.44. The van der Waals surface area contributed by atoms with Crippen LogP contribution < -0.4 is 10.5 Å². The van der Waals surface area contributed by atoms with Crippen LogP contribution in [0.4, 0.5) is 0 Å². The lowest BCUT2D eigenvalue weighted by Crippen LogP contribution is -2.58. The maximum absolute atomic E-state index is 13.5. The first kappa shape index (κ1) is 34.2. The lowest BCUT2D eigenvalue weighted by Gasteiger charge is -2.62. The summed E-state index contributed by atoms with van der Waals surface area (Å²) in [5, 5.41) is 32.6. The van der Waals surface area contributed by atoms with Crippen molar-refractivity contribution in [1.82, 2.24) is 4.90 Å². The molecule has 11 atom stereocenters. The average molecular weight is 627 g/mol. The molecule has 1 aromatic carbocycles. The van der Waals surface area contributed by atoms with E-state index in [1.165, 1.54) is 6.42 Å². The van der Waals surface area contributed by atoms with Crippen LogP contribution in [0.2, 0.25) is 0 Å². The Hall–Kier alpha value is -2.16. The summed E-state index contributed by atoms with van der Waals surface area (Å²) in [4.78, 5) is 26.3. The molecule has 0 heterocycles. The van der Waals surface area contributed by atoms with Crippen LogP contribution in [0.25, 0.3) is 0 Å². The second-order valence-electron chi connectivity index (χ2n) is 16.0. The maximum atomic E-state index is 13.5. The van der Waals surface area contributed by atoms with Gasteiger partial charge in [0.25, 0.3) is 0 Å². The molecular weight excluding hydrogens is 568 g/mol. The van der Waals surface area contributed by atoms with Crippen molar-refractivity contribution in [2.75, 3.05) is 6.54 Å². The van der Waals surface area contributed by atoms with Crippen LogP contribution in [0.5, 0.6) is 5.75 Å². The number of primary amides is 1. The second-order valence-corrected chi connectivity index (χ2v) is 16.0. The van der Waals surface area contributed by atoms with Gasteiger partial charge in [0.2, 0.25) is 18.1 Å². The van der Waals surface area contributed by atoms with Crippen molar-refractivity contribution in [3.63, 3.8) is 0 Å². The zero-order chi connectivity index (χ0) is 32.7. The van der Waals surface area contributed by atoms with Crippen LogP contribution in [0.1, 0.15) is 104 Å². The van der Waals surface area contributed by atoms with Crippen LogP contribution in [0, 0.1) is 46.3 Å². The Kier molecular flexibility index (Phi) is 10.3. The number of aliphatic hydroxyl groups is 3. The Labute approximate surface area is 270 Å². The van der Waals surface area contributed by atoms with E-state index in [2.05, 4.69) is 20.8 Å². The van der Waals surface area contributed by atoms with Gasteiger partial charge in [0.1, 0.15) is 5.75 Å². The normalized spacial score (nSPS) is 37.2. The highest BCUT2D eigenvalue weighted by molar-refractivity contribution is 5.77. The predicted octanol–water partition coefficient (Wildman–Crippen LogP) is 5.06. The van der Waals surface area contributed by atoms with Gasteiger partial charge in [-0.2, -0.15) is 0 Å². The van der Waals surface area contributed by atoms with Crippen molar-refractivity contribution in [3.8, 4) is 5.75 Å². The summed E-state index contributed by atoms with van der Waals surface area (Å²) in [7, 11) is 0. The number of ether oxygens (including phenoxy) is 1. The third-order valence-electron chi connectivity index (χ3n) is 13.1. The fourth-order valence-electron chi connectivity index (χ4n) is 10.7. The van der Waals surface area contributed by atoms with Gasteiger partial charge in [-0.3, -0.25) is 9.59 Å². The number of fused-ring (bicyclic) bond motifs is 5. The fraction of sp³-hybridized carbons (Fsp3) is 0.784. The number of rotatable bonds is 11. The van der Waals surface area contributed by atoms with Gasteiger partial charge in [0.05, 0.1) is 25.2 Å². The molecule has 5 N–H and O–H groups in total. The molecule has 2 amide bonds. The van der Waals surface area contributed by atoms with Gasteiger partial charge in [0, 0.05) is 12.5 Å². The molecule has 0 spiro atoms. The molecule has 4 aliphatic carbocycles. The molecule has 4 saturated carbocycles. The van der Waals surface area contributed by atoms with Crippen molar-refractivity contribution >= 4 is 11.8 Å². The second kappa shape index (κ2) is 13.5. The van der Waals surface area contributed by atoms with Crippen LogP contribution in [-0.4, -0.2) is 63.1 Å². The molecule has 0 aromatic heterocycles. The summed E-state index contributed by atoms with van der Waals surface area (Å²) in [6, 6.07) is 6.79. The van der Waals surface area contributed by atoms with Gasteiger partial charge in [-0.05, 0) is 136 Å². The Morgan fingerprint density at radius 1 is 0.978 bits per heavy atom. The highest BCUT2D eigenvalue weighted by Crippen LogP contribution is 2.68. The summed E-state index contributed by atoms with van der Waals surface area (Å²) < 4.78 is 5.69. The number of aliphatic hydroxyl groups excluding tert-OH is 3. The third-order valence-corrected chi connectivity index (χ3v) is 13.1. The third kappa shape index (κ3) is 6.94. The van der Waals surface area contributed by atoms with E-state index in [0.29, 0.717) is 47.7 Å². The molecule has 8 heteroatoms. The van der Waals surface area contributed by atoms with Gasteiger partial charge >= 0.3 is 0 Å². The zero-order valence-electron chi connectivity index (χ0n) is 28.2. The number of carbonyl (C=O) groups is 2. The standard InChI is InChI=1S/C37H58N2O6/c1-22(2)39(21-34(44)45-27-9-7-24(8-10-27)18-32(38)42)33(43)13-6-23(3)28-11-12-29-35-30(15-17-37(28,29)5)36(4)16-14-26(40)19-25(36)20-31(35)41/h7-10,22-23,25-26,28-31,34-35,40-41,44H,6,11-21H2,1-5H3,(H2,38,42)/t23?,25?,26-,28?,29?,30?,31-,34?,35?,36?,37?/m1/s1. The minimum absolute atomic E-state index is 0.0286. The summed E-state index contributed by atoms with van der Waals surface area (Å²) in [6.07, 6.45) is 8.03. The topological polar surface area (TPSA) is 133 Å². The van der Waals surface area contributed by atoms with E-state index >= 15 is 0 Å². The molecule has 0 radical (unpaired) electrons. The van der Waals surface area contributed by atoms with Crippen molar-refractivity contribution in [1.29, 1.82) is 0 Å². The highest BCUT2D eigenvalue weighted by Gasteiger charge is 2.62. The van der Waals surface area contributed by atoms with Gasteiger partial charge in [0.15, 0.2) is 0 Å². The number of hydrogen-bond acceptors (Lipinski definition) is 6. The van der Waals surface area contributed by atoms with Crippen molar-refractivity contribution in [2.24, 2.45) is 52.1 Å². The van der Waals surface area contributed by atoms with E-state index in [1.807, 2.05) is 13.8 Å². The van der Waals surface area contributed by atoms with Crippen LogP contribution in [-0.2, 0) is 16.0 Å². The highest BCUT2D eigenvalue weighted by atomic mass is 16.6. The number of amides is 2. The van der Waals surface area contributed by atoms with Gasteiger partial charge in [-0.1, -0.05) is 32.9 Å². The number of hydrogen-bond donors (Lipinski definition) is 4. The summed E-state index contributed by atoms with van der Waals surface area (Å²) in [6.45, 7) is 11.2. The molecule has 8 nitrogen and oxygen atoms in total. The Bertz CT molecular complexity index is 1190. The average Bonchev–Trinajstić information content (AvgIpc) is 3.33. The van der Waals surface area contributed by atoms with E-state index in [1.54, 1.807) is 29.2 Å². The van der Waals surface area contributed by atoms with Crippen LogP contribution >= 0.6 is 0 Å². The van der Waals surface area contributed by atoms with Gasteiger partial charge in [-0.15, -0.1) is 0 Å². The molecule has 0 aliphatic heterocycles. The van der Waals surface area contributed by atoms with Crippen molar-refractivity contribution < 1.29 is 29.6 Å². The summed E-state index contributed by atoms with van der Waals surface area (Å²) in [5.74, 6) is 2.83. The number of carbonyl (C=O) groups excluding carboxylic acids is 2. The zero-order valence-corrected chi connectivity index (χ0v) is 28.2. The van der Waals surface area contributed by atoms with E-state index in [9.17, 15) is 24.9 Å². The largest absolute Gasteiger partial charge is 0.463 e. The van der Waals surface area contributed by atoms with E-state index in [-0.39, 0.29) is 48.0 Å². The van der Waals surface area contributed by atoms with Crippen molar-refractivity contribution in [2.45, 2.75) is 130 Å². The first-order chi connectivity index (χ1) is 21.2. The lowest BCUT2D eigenvalue weighted by molar-refractivity contribution is -0.174. The van der Waals surface area contributed by atoms with E-state index in [0.717, 1.165) is 56.9 Å². The van der Waals surface area contributed by atoms with E-state index < -0.39 is 12.2 Å². The monoisotopic (exact) mass is 626 g/mol. The molecule has 4 aliphatic rings. The molecule has 252 valence electrons. The number of nitrogens with zero attached hydrogens (tertiary/aromatic N) is 1. The minimum atomic E-state index is -1.17. The predicted molar refractivity (Wildman–Crippen MR) is 174 cm³/mol. The minimum Gasteiger partial charge on any atom is -0.463 e. The molecule has 9 unspecified atom stereocenters. The molecule has 0 saturated heterocycles. The first-order valence-electron chi connectivity index (χ1n) is 17.6. The first-order valence-corrected chi connectivity index (χ1v) is 17.6. The Morgan fingerprint density at radius 3 is 2.31 bits per heavy atom. The van der Waals surface area contributed by atoms with Crippen LogP contribution in [0.3, 0.4) is 0 Å². The Balaban J connectivity index is 1.17. The van der Waals surface area contributed by atoms with Gasteiger partial charge in [-0.25, -0.2) is 0 Å². The maximum Gasteiger partial charge on any atom is 0.223 e. The molecular formula is C37H58N2O6. The van der Waals surface area contributed by atoms with Crippen LogP contribution in [0.15, 0.2) is 24.3 Å². The molecule has 0 bridgehead atoms. The van der Waals surface area contributed by atoms with Crippen molar-refractivity contribution in [3.05, 3.63) is 29.8 Å². The fourth-order valence-corrected chi connectivity index (χ4v) is 10.7. The molecule has 1 aromatic rings. The molecule has 4 fully saturated rings. The Morgan fingerprint density at radius 2 is 1.64 bits per heavy atom. The smallest absolute Gasteiger partial charge is 0.223 e. The summed E-state index contributed by atoms with van der Waals surface area (Å²) >= 11 is 0. The van der Waals surface area contributed by atoms with Gasteiger partial charge < -0.3 is 30.7 Å². The number of nitrogens with two attached hydrogens (primary N) is 1.